The van der Waals surface area contributed by atoms with Gasteiger partial charge in [-0.3, -0.25) is 0 Å². The van der Waals surface area contributed by atoms with Gasteiger partial charge in [0.25, 0.3) is 0 Å². The first kappa shape index (κ1) is 13.8. The van der Waals surface area contributed by atoms with Gasteiger partial charge >= 0.3 is 0 Å². The summed E-state index contributed by atoms with van der Waals surface area (Å²) in [5.74, 6) is 1.02. The topological polar surface area (TPSA) is 68.2 Å². The highest BCUT2D eigenvalue weighted by molar-refractivity contribution is 5.50. The molecule has 0 bridgehead atoms. The zero-order chi connectivity index (χ0) is 13.7. The van der Waals surface area contributed by atoms with Crippen molar-refractivity contribution in [1.82, 2.24) is 14.6 Å². The largest absolute Gasteiger partial charge is 0.370 e. The van der Waals surface area contributed by atoms with Gasteiger partial charge in [0.15, 0.2) is 5.65 Å². The van der Waals surface area contributed by atoms with Gasteiger partial charge in [-0.1, -0.05) is 20.3 Å². The highest BCUT2D eigenvalue weighted by atomic mass is 15.3. The van der Waals surface area contributed by atoms with Gasteiger partial charge in [0.05, 0.1) is 5.69 Å². The van der Waals surface area contributed by atoms with Crippen LogP contribution in [0.2, 0.25) is 0 Å². The lowest BCUT2D eigenvalue weighted by Gasteiger charge is -2.09. The molecule has 0 amide bonds. The van der Waals surface area contributed by atoms with Crippen molar-refractivity contribution in [1.29, 1.82) is 0 Å². The average Bonchev–Trinajstić information content (AvgIpc) is 2.82. The molecule has 0 aliphatic heterocycles. The van der Waals surface area contributed by atoms with Crippen molar-refractivity contribution < 1.29 is 0 Å². The molecule has 2 rings (SSSR count). The second-order valence-corrected chi connectivity index (χ2v) is 4.71. The van der Waals surface area contributed by atoms with Gasteiger partial charge in [0, 0.05) is 24.4 Å². The summed E-state index contributed by atoms with van der Waals surface area (Å²) in [6.45, 7) is 5.84. The van der Waals surface area contributed by atoms with E-state index in [0.717, 1.165) is 55.1 Å². The summed E-state index contributed by atoms with van der Waals surface area (Å²) in [7, 11) is 0. The molecule has 0 aliphatic carbocycles. The van der Waals surface area contributed by atoms with Gasteiger partial charge in [-0.05, 0) is 25.8 Å². The lowest BCUT2D eigenvalue weighted by atomic mass is 10.2. The monoisotopic (exact) mass is 261 g/mol. The molecule has 2 aromatic heterocycles. The molecular formula is C14H23N5. The SMILES string of the molecule is CCCc1cc(NCCCN)n2nc(CC)cc2n1. The van der Waals surface area contributed by atoms with Crippen LogP contribution in [0.1, 0.15) is 38.1 Å². The summed E-state index contributed by atoms with van der Waals surface area (Å²) >= 11 is 0. The average molecular weight is 261 g/mol. The highest BCUT2D eigenvalue weighted by Crippen LogP contribution is 2.15. The van der Waals surface area contributed by atoms with Crippen LogP contribution in [-0.2, 0) is 12.8 Å². The predicted molar refractivity (Wildman–Crippen MR) is 78.5 cm³/mol. The molecule has 0 spiro atoms. The molecule has 2 heterocycles. The summed E-state index contributed by atoms with van der Waals surface area (Å²) in [6, 6.07) is 4.16. The minimum atomic E-state index is 0.697. The minimum Gasteiger partial charge on any atom is -0.370 e. The quantitative estimate of drug-likeness (QED) is 0.748. The van der Waals surface area contributed by atoms with Crippen LogP contribution in [0.15, 0.2) is 12.1 Å². The Bertz CT molecular complexity index is 532. The Morgan fingerprint density at radius 1 is 1.26 bits per heavy atom. The third-order valence-corrected chi connectivity index (χ3v) is 3.09. The molecule has 3 N–H and O–H groups in total. The second kappa shape index (κ2) is 6.52. The second-order valence-electron chi connectivity index (χ2n) is 4.71. The molecule has 0 fully saturated rings. The van der Waals surface area contributed by atoms with Crippen molar-refractivity contribution in [3.8, 4) is 0 Å². The van der Waals surface area contributed by atoms with E-state index in [-0.39, 0.29) is 0 Å². The number of hydrogen-bond donors (Lipinski definition) is 2. The van der Waals surface area contributed by atoms with Crippen LogP contribution in [0.5, 0.6) is 0 Å². The number of nitrogens with two attached hydrogens (primary N) is 1. The zero-order valence-corrected chi connectivity index (χ0v) is 11.8. The molecule has 0 atom stereocenters. The van der Waals surface area contributed by atoms with Gasteiger partial charge in [0.2, 0.25) is 0 Å². The van der Waals surface area contributed by atoms with E-state index in [0.29, 0.717) is 6.54 Å². The molecule has 0 saturated carbocycles. The molecule has 0 saturated heterocycles. The summed E-state index contributed by atoms with van der Waals surface area (Å²) in [6.07, 6.45) is 3.97. The summed E-state index contributed by atoms with van der Waals surface area (Å²) < 4.78 is 1.90. The zero-order valence-electron chi connectivity index (χ0n) is 11.8. The van der Waals surface area contributed by atoms with E-state index in [4.69, 9.17) is 5.73 Å². The van der Waals surface area contributed by atoms with E-state index in [1.165, 1.54) is 0 Å². The van der Waals surface area contributed by atoms with Gasteiger partial charge in [0.1, 0.15) is 5.82 Å². The molecular weight excluding hydrogens is 238 g/mol. The molecule has 0 aliphatic rings. The summed E-state index contributed by atoms with van der Waals surface area (Å²) in [5, 5.41) is 7.98. The molecule has 0 aromatic carbocycles. The predicted octanol–water partition coefficient (Wildman–Crippen LogP) is 2.00. The van der Waals surface area contributed by atoms with Gasteiger partial charge in [-0.15, -0.1) is 0 Å². The number of fused-ring (bicyclic) bond motifs is 1. The first-order valence-corrected chi connectivity index (χ1v) is 7.11. The fourth-order valence-corrected chi connectivity index (χ4v) is 2.08. The first-order chi connectivity index (χ1) is 9.28. The maximum atomic E-state index is 5.53. The normalized spacial score (nSPS) is 11.1. The Balaban J connectivity index is 2.35. The number of hydrogen-bond acceptors (Lipinski definition) is 4. The van der Waals surface area contributed by atoms with E-state index in [9.17, 15) is 0 Å². The lowest BCUT2D eigenvalue weighted by molar-refractivity contribution is 0.825. The number of aryl methyl sites for hydroxylation is 2. The van der Waals surface area contributed by atoms with Gasteiger partial charge in [-0.25, -0.2) is 4.98 Å². The molecule has 2 aromatic rings. The Hall–Kier alpha value is -1.62. The van der Waals surface area contributed by atoms with Gasteiger partial charge in [-0.2, -0.15) is 9.61 Å². The van der Waals surface area contributed by atoms with Crippen LogP contribution in [0.3, 0.4) is 0 Å². The maximum Gasteiger partial charge on any atom is 0.157 e. The van der Waals surface area contributed by atoms with Crippen molar-refractivity contribution in [2.24, 2.45) is 5.73 Å². The Morgan fingerprint density at radius 3 is 2.79 bits per heavy atom. The number of aromatic nitrogens is 3. The Morgan fingerprint density at radius 2 is 2.11 bits per heavy atom. The van der Waals surface area contributed by atoms with Crippen LogP contribution >= 0.6 is 0 Å². The molecule has 0 unspecified atom stereocenters. The van der Waals surface area contributed by atoms with Crippen molar-refractivity contribution >= 4 is 11.5 Å². The van der Waals surface area contributed by atoms with E-state index in [1.807, 2.05) is 4.52 Å². The number of nitrogens with one attached hydrogen (secondary N) is 1. The number of rotatable bonds is 7. The smallest absolute Gasteiger partial charge is 0.157 e. The minimum absolute atomic E-state index is 0.697. The molecule has 5 heteroatoms. The van der Waals surface area contributed by atoms with E-state index in [2.05, 4.69) is 41.4 Å². The lowest BCUT2D eigenvalue weighted by Crippen LogP contribution is -2.12. The van der Waals surface area contributed by atoms with Crippen molar-refractivity contribution in [2.45, 2.75) is 39.5 Å². The van der Waals surface area contributed by atoms with Crippen LogP contribution in [-0.4, -0.2) is 27.7 Å². The standard InChI is InChI=1S/C14H23N5/c1-3-6-12-10-13(16-8-5-7-15)19-14(17-12)9-11(4-2)18-19/h9-10,16H,3-8,15H2,1-2H3. The van der Waals surface area contributed by atoms with Crippen LogP contribution in [0.4, 0.5) is 5.82 Å². The Labute approximate surface area is 114 Å². The van der Waals surface area contributed by atoms with Crippen molar-refractivity contribution in [3.05, 3.63) is 23.5 Å². The van der Waals surface area contributed by atoms with Crippen molar-refractivity contribution in [3.63, 3.8) is 0 Å². The van der Waals surface area contributed by atoms with E-state index in [1.54, 1.807) is 0 Å². The molecule has 104 valence electrons. The third-order valence-electron chi connectivity index (χ3n) is 3.09. The third kappa shape index (κ3) is 3.23. The fourth-order valence-electron chi connectivity index (χ4n) is 2.08. The van der Waals surface area contributed by atoms with Crippen LogP contribution < -0.4 is 11.1 Å². The maximum absolute atomic E-state index is 5.53. The van der Waals surface area contributed by atoms with Crippen LogP contribution in [0, 0.1) is 0 Å². The first-order valence-electron chi connectivity index (χ1n) is 7.11. The molecule has 5 nitrogen and oxygen atoms in total. The van der Waals surface area contributed by atoms with E-state index < -0.39 is 0 Å². The highest BCUT2D eigenvalue weighted by Gasteiger charge is 2.08. The van der Waals surface area contributed by atoms with Gasteiger partial charge < -0.3 is 11.1 Å². The Kier molecular flexibility index (Phi) is 4.74. The summed E-state index contributed by atoms with van der Waals surface area (Å²) in [5.41, 5.74) is 8.65. The number of nitrogens with zero attached hydrogens (tertiary/aromatic N) is 3. The van der Waals surface area contributed by atoms with Crippen molar-refractivity contribution in [2.75, 3.05) is 18.4 Å². The van der Waals surface area contributed by atoms with E-state index >= 15 is 0 Å². The van der Waals surface area contributed by atoms with Crippen LogP contribution in [0.25, 0.3) is 5.65 Å². The fraction of sp³-hybridized carbons (Fsp3) is 0.571. The number of anilines is 1. The summed E-state index contributed by atoms with van der Waals surface area (Å²) in [4.78, 5) is 4.66. The molecule has 19 heavy (non-hydrogen) atoms. The molecule has 0 radical (unpaired) electrons.